The topological polar surface area (TPSA) is 324 Å². The fourth-order valence-electron chi connectivity index (χ4n) is 4.56. The molecule has 3 unspecified atom stereocenters. The molecule has 5 rings (SSSR count). The van der Waals surface area contributed by atoms with Gasteiger partial charge in [0.15, 0.2) is 29.9 Å². The Morgan fingerprint density at radius 1 is 0.979 bits per heavy atom. The number of aromatic nitrogens is 7. The highest BCUT2D eigenvalue weighted by Gasteiger charge is 2.47. The van der Waals surface area contributed by atoms with E-state index >= 15 is 0 Å². The predicted octanol–water partition coefficient (Wildman–Crippen LogP) is 0.0243. The van der Waals surface area contributed by atoms with Crippen LogP contribution in [0.15, 0.2) is 24.4 Å². The third kappa shape index (κ3) is 8.47. The molecule has 7 atom stereocenters. The second-order valence-electron chi connectivity index (χ2n) is 10.3. The van der Waals surface area contributed by atoms with Crippen LogP contribution in [0.2, 0.25) is 0 Å². The molecule has 5 heterocycles. The second-order valence-corrected chi connectivity index (χ2v) is 15.8. The number of fused-ring (bicyclic) bond motifs is 1. The van der Waals surface area contributed by atoms with E-state index in [1.54, 1.807) is 25.6 Å². The Kier molecular flexibility index (Phi) is 10.8. The third-order valence-corrected chi connectivity index (χ3v) is 12.3. The summed E-state index contributed by atoms with van der Waals surface area (Å²) in [6.45, 7) is 2.46. The molecule has 1 fully saturated rings. The molecule has 0 spiro atoms. The molecule has 0 radical (unpaired) electrons. The van der Waals surface area contributed by atoms with Crippen molar-refractivity contribution in [3.8, 4) is 0 Å². The number of ether oxygens (including phenoxy) is 1. The van der Waals surface area contributed by atoms with Crippen LogP contribution in [0.25, 0.3) is 11.2 Å². The molecule has 0 aromatic carbocycles. The molecular formula is C22H31N9O13P3S+. The number of imidazole rings is 1. The molecule has 4 aromatic heterocycles. The van der Waals surface area contributed by atoms with E-state index in [1.807, 2.05) is 4.57 Å². The molecule has 48 heavy (non-hydrogen) atoms. The van der Waals surface area contributed by atoms with E-state index in [-0.39, 0.29) is 23.4 Å². The van der Waals surface area contributed by atoms with E-state index in [1.165, 1.54) is 22.2 Å². The number of aliphatic hydroxyl groups is 2. The largest absolute Gasteiger partial charge is 0.490 e. The lowest BCUT2D eigenvalue weighted by Crippen LogP contribution is -2.35. The summed E-state index contributed by atoms with van der Waals surface area (Å²) >= 11 is 1.31. The van der Waals surface area contributed by atoms with Gasteiger partial charge in [0.2, 0.25) is 5.51 Å². The van der Waals surface area contributed by atoms with Gasteiger partial charge >= 0.3 is 23.5 Å². The van der Waals surface area contributed by atoms with E-state index in [4.69, 9.17) is 20.7 Å². The number of thiazole rings is 1. The predicted molar refractivity (Wildman–Crippen MR) is 162 cm³/mol. The van der Waals surface area contributed by atoms with E-state index in [0.717, 1.165) is 16.9 Å². The fraction of sp³-hybridized carbons (Fsp3) is 0.455. The molecule has 0 aliphatic carbocycles. The van der Waals surface area contributed by atoms with E-state index < -0.39 is 61.2 Å². The minimum absolute atomic E-state index is 0.0425. The van der Waals surface area contributed by atoms with Crippen LogP contribution >= 0.6 is 34.8 Å². The van der Waals surface area contributed by atoms with Gasteiger partial charge < -0.3 is 41.1 Å². The molecule has 1 aliphatic rings. The first-order chi connectivity index (χ1) is 22.5. The van der Waals surface area contributed by atoms with Crippen molar-refractivity contribution >= 4 is 57.6 Å². The molecule has 26 heteroatoms. The van der Waals surface area contributed by atoms with Crippen LogP contribution in [0.5, 0.6) is 0 Å². The van der Waals surface area contributed by atoms with Gasteiger partial charge in [-0.2, -0.15) is 13.2 Å². The highest BCUT2D eigenvalue weighted by Crippen LogP contribution is 2.67. The summed E-state index contributed by atoms with van der Waals surface area (Å²) in [6, 6.07) is 0. The van der Waals surface area contributed by atoms with Crippen molar-refractivity contribution in [2.45, 2.75) is 51.4 Å². The summed E-state index contributed by atoms with van der Waals surface area (Å²) in [6.07, 6.45) is -2.03. The van der Waals surface area contributed by atoms with Crippen LogP contribution in [-0.4, -0.2) is 85.9 Å². The van der Waals surface area contributed by atoms with E-state index in [2.05, 4.69) is 38.1 Å². The molecular weight excluding hydrogens is 723 g/mol. The van der Waals surface area contributed by atoms with Crippen molar-refractivity contribution in [2.24, 2.45) is 0 Å². The molecule has 4 aromatic rings. The standard InChI is InChI=1S/C22H30N9O13P3S/c1-11-15(48-10-30(11)6-13-5-25-12(2)29-19(13)23)3-4-40-45(34,35)43-47(38,39)44-46(36,37)41-7-14-17(32)18(33)22(42-14)31-9-28-16-20(24)26-8-27-21(16)31/h5,8-10,14,17-18,22,32-33H,3-4,6-7H2,1-2H3,(H6-,23,24,25,26,27,29,34,35,36,37,38,39)/p+1/t14-,17+,18+,22-/m1/s1. The minimum Gasteiger partial charge on any atom is -0.387 e. The van der Waals surface area contributed by atoms with Crippen LogP contribution in [0, 0.1) is 13.8 Å². The molecule has 1 aliphatic heterocycles. The lowest BCUT2D eigenvalue weighted by atomic mass is 10.1. The molecule has 1 saturated heterocycles. The van der Waals surface area contributed by atoms with Crippen molar-refractivity contribution < 1.29 is 65.6 Å². The number of rotatable bonds is 14. The zero-order chi connectivity index (χ0) is 35.0. The second kappa shape index (κ2) is 14.2. The summed E-state index contributed by atoms with van der Waals surface area (Å²) in [5.41, 5.74) is 15.3. The van der Waals surface area contributed by atoms with Crippen LogP contribution in [0.4, 0.5) is 11.6 Å². The van der Waals surface area contributed by atoms with E-state index in [9.17, 15) is 38.6 Å². The smallest absolute Gasteiger partial charge is 0.387 e. The number of phosphoric ester groups is 2. The average molecular weight is 755 g/mol. The summed E-state index contributed by atoms with van der Waals surface area (Å²) in [7, 11) is -16.6. The van der Waals surface area contributed by atoms with Gasteiger partial charge in [0.05, 0.1) is 30.0 Å². The normalized spacial score (nSPS) is 23.6. The number of phosphoric acid groups is 3. The Hall–Kier alpha value is -2.85. The van der Waals surface area contributed by atoms with Crippen LogP contribution in [-0.2, 0) is 49.1 Å². The molecule has 9 N–H and O–H groups in total. The van der Waals surface area contributed by atoms with Crippen molar-refractivity contribution in [3.63, 3.8) is 0 Å². The summed E-state index contributed by atoms with van der Waals surface area (Å²) in [5, 5.41) is 20.9. The Morgan fingerprint density at radius 2 is 1.69 bits per heavy atom. The number of hydrogen-bond donors (Lipinski definition) is 7. The van der Waals surface area contributed by atoms with Crippen LogP contribution in [0.3, 0.4) is 0 Å². The number of nitrogens with zero attached hydrogens (tertiary/aromatic N) is 7. The van der Waals surface area contributed by atoms with Gasteiger partial charge in [0.1, 0.15) is 41.8 Å². The highest BCUT2D eigenvalue weighted by molar-refractivity contribution is 7.66. The Morgan fingerprint density at radius 3 is 2.40 bits per heavy atom. The van der Waals surface area contributed by atoms with Crippen molar-refractivity contribution in [1.82, 2.24) is 29.5 Å². The Balaban J connectivity index is 1.11. The highest BCUT2D eigenvalue weighted by atomic mass is 32.1. The van der Waals surface area contributed by atoms with Crippen molar-refractivity contribution in [2.75, 3.05) is 24.7 Å². The van der Waals surface area contributed by atoms with Gasteiger partial charge in [-0.3, -0.25) is 13.6 Å². The summed E-state index contributed by atoms with van der Waals surface area (Å²) < 4.78 is 63.4. The van der Waals surface area contributed by atoms with Gasteiger partial charge in [0.25, 0.3) is 0 Å². The summed E-state index contributed by atoms with van der Waals surface area (Å²) in [5.74, 6) is 0.901. The van der Waals surface area contributed by atoms with Crippen molar-refractivity contribution in [1.29, 1.82) is 0 Å². The number of nitrogen functional groups attached to an aromatic ring is 2. The SMILES string of the molecule is Cc1ncc(C[n+]2csc(CCOP(=O)(O)OP(=O)(O)OP(=O)(O)OC[C@H]3O[C@@H](n4cnc5c(N)ncnc54)[C@@H](O)[C@H]3O)c2C)c(N)n1. The van der Waals surface area contributed by atoms with Gasteiger partial charge in [-0.05, 0) is 6.92 Å². The van der Waals surface area contributed by atoms with E-state index in [0.29, 0.717) is 23.8 Å². The maximum Gasteiger partial charge on any atom is 0.490 e. The van der Waals surface area contributed by atoms with Gasteiger partial charge in [0, 0.05) is 19.5 Å². The number of aliphatic hydroxyl groups excluding tert-OH is 2. The monoisotopic (exact) mass is 754 g/mol. The number of hydrogen-bond acceptors (Lipinski definition) is 18. The number of anilines is 2. The first-order valence-corrected chi connectivity index (χ1v) is 19.0. The van der Waals surface area contributed by atoms with Crippen LogP contribution < -0.4 is 16.0 Å². The maximum atomic E-state index is 12.4. The Labute approximate surface area is 274 Å². The zero-order valence-electron chi connectivity index (χ0n) is 25.0. The molecule has 262 valence electrons. The molecule has 0 amide bonds. The maximum absolute atomic E-state index is 12.4. The third-order valence-electron chi connectivity index (χ3n) is 6.91. The lowest BCUT2D eigenvalue weighted by molar-refractivity contribution is -0.689. The summed E-state index contributed by atoms with van der Waals surface area (Å²) in [4.78, 5) is 50.7. The molecule has 0 saturated carbocycles. The van der Waals surface area contributed by atoms with Crippen molar-refractivity contribution in [3.05, 3.63) is 46.3 Å². The quantitative estimate of drug-likeness (QED) is 0.0659. The molecule has 22 nitrogen and oxygen atoms in total. The number of aryl methyl sites for hydroxylation is 1. The number of nitrogens with two attached hydrogens (primary N) is 2. The average Bonchev–Trinajstić information content (AvgIpc) is 3.64. The first-order valence-electron chi connectivity index (χ1n) is 13.6. The van der Waals surface area contributed by atoms with Gasteiger partial charge in [-0.15, -0.1) is 0 Å². The minimum atomic E-state index is -5.77. The molecule has 0 bridgehead atoms. The fourth-order valence-corrected chi connectivity index (χ4v) is 9.05. The zero-order valence-corrected chi connectivity index (χ0v) is 28.5. The Bertz CT molecular complexity index is 1950. The lowest BCUT2D eigenvalue weighted by Gasteiger charge is -2.20. The van der Waals surface area contributed by atoms with Gasteiger partial charge in [-0.1, -0.05) is 11.3 Å². The van der Waals surface area contributed by atoms with Crippen LogP contribution in [0.1, 0.15) is 28.2 Å². The first kappa shape index (κ1) is 36.4. The van der Waals surface area contributed by atoms with Gasteiger partial charge in [-0.25, -0.2) is 38.6 Å².